The predicted octanol–water partition coefficient (Wildman–Crippen LogP) is 4.96. The molecule has 4 aromatic carbocycles. The summed E-state index contributed by atoms with van der Waals surface area (Å²) in [5.74, 6) is 0. The first-order valence-electron chi connectivity index (χ1n) is 12.1. The molecule has 5 rings (SSSR count). The topological polar surface area (TPSA) is 34.9 Å². The first-order valence-corrected chi connectivity index (χ1v) is 20.7. The Morgan fingerprint density at radius 1 is 0.714 bits per heavy atom. The molecule has 174 valence electrons. The fraction of sp³-hybridized carbons (Fsp3) is 0.133. The number of para-hydroxylation sites is 1. The second kappa shape index (κ2) is 10.8. The fourth-order valence-electron chi connectivity index (χ4n) is 4.57. The summed E-state index contributed by atoms with van der Waals surface area (Å²) in [6.45, 7) is 2.84. The number of nitrogens with zero attached hydrogens (tertiary/aromatic N) is 2. The average molecular weight is 583 g/mol. The summed E-state index contributed by atoms with van der Waals surface area (Å²) < 4.78 is 5.99. The molecular formula is C30H28N2OSSn. The van der Waals surface area contributed by atoms with E-state index < -0.39 is 17.0 Å². The van der Waals surface area contributed by atoms with Gasteiger partial charge in [0.05, 0.1) is 0 Å². The Bertz CT molecular complexity index is 1370. The van der Waals surface area contributed by atoms with Crippen molar-refractivity contribution < 1.29 is 0 Å². The van der Waals surface area contributed by atoms with Gasteiger partial charge in [-0.3, -0.25) is 0 Å². The van der Waals surface area contributed by atoms with E-state index in [1.165, 1.54) is 10.7 Å². The van der Waals surface area contributed by atoms with E-state index in [0.29, 0.717) is 11.9 Å². The number of benzene rings is 4. The molecule has 0 bridgehead atoms. The summed E-state index contributed by atoms with van der Waals surface area (Å²) >= 11 is -3.71. The van der Waals surface area contributed by atoms with Crippen molar-refractivity contribution >= 4 is 47.6 Å². The van der Waals surface area contributed by atoms with Gasteiger partial charge in [0, 0.05) is 0 Å². The van der Waals surface area contributed by atoms with Gasteiger partial charge in [0.2, 0.25) is 0 Å². The second-order valence-electron chi connectivity index (χ2n) is 8.60. The molecule has 1 heterocycles. The van der Waals surface area contributed by atoms with Crippen LogP contribution in [0.3, 0.4) is 0 Å². The van der Waals surface area contributed by atoms with E-state index in [0.717, 1.165) is 23.5 Å². The van der Waals surface area contributed by atoms with Crippen LogP contribution in [0.5, 0.6) is 0 Å². The molecule has 0 amide bonds. The van der Waals surface area contributed by atoms with Gasteiger partial charge in [-0.05, 0) is 0 Å². The molecule has 0 spiro atoms. The minimum absolute atomic E-state index is 0.0564. The van der Waals surface area contributed by atoms with Crippen LogP contribution in [0.25, 0.3) is 10.9 Å². The number of hydrogen-bond donors (Lipinski definition) is 0. The zero-order valence-electron chi connectivity index (χ0n) is 19.8. The van der Waals surface area contributed by atoms with E-state index in [2.05, 4.69) is 97.9 Å². The second-order valence-corrected chi connectivity index (χ2v) is 23.9. The normalized spacial score (nSPS) is 11.6. The number of unbranched alkanes of at least 4 members (excludes halogenated alkanes) is 1. The van der Waals surface area contributed by atoms with Crippen molar-refractivity contribution in [3.8, 4) is 0 Å². The Morgan fingerprint density at radius 3 is 1.71 bits per heavy atom. The number of hydrogen-bond acceptors (Lipinski definition) is 3. The Balaban J connectivity index is 1.82. The summed E-state index contributed by atoms with van der Waals surface area (Å²) in [7, 11) is 1.86. The van der Waals surface area contributed by atoms with Crippen molar-refractivity contribution in [2.75, 3.05) is 0 Å². The molecule has 0 radical (unpaired) electrons. The van der Waals surface area contributed by atoms with Crippen LogP contribution in [0.2, 0.25) is 0 Å². The molecule has 0 unspecified atom stereocenters. The molecule has 1 aromatic heterocycles. The van der Waals surface area contributed by atoms with Crippen molar-refractivity contribution in [3.05, 3.63) is 126 Å². The maximum atomic E-state index is 13.7. The van der Waals surface area contributed by atoms with Crippen molar-refractivity contribution in [2.24, 2.45) is 0 Å². The van der Waals surface area contributed by atoms with Crippen LogP contribution < -0.4 is 16.3 Å². The number of aromatic nitrogens is 2. The van der Waals surface area contributed by atoms with Gasteiger partial charge in [-0.2, -0.15) is 0 Å². The van der Waals surface area contributed by atoms with Crippen LogP contribution in [-0.2, 0) is 6.54 Å². The molecule has 0 N–H and O–H groups in total. The van der Waals surface area contributed by atoms with Crippen molar-refractivity contribution in [1.82, 2.24) is 9.55 Å². The van der Waals surface area contributed by atoms with Crippen molar-refractivity contribution in [1.29, 1.82) is 0 Å². The van der Waals surface area contributed by atoms with E-state index in [9.17, 15) is 4.79 Å². The molecule has 5 heteroatoms. The van der Waals surface area contributed by atoms with Crippen LogP contribution >= 0.6 is 8.95 Å². The molecule has 0 saturated carbocycles. The molecule has 35 heavy (non-hydrogen) atoms. The van der Waals surface area contributed by atoms with E-state index in [-0.39, 0.29) is 5.56 Å². The Morgan fingerprint density at radius 2 is 1.20 bits per heavy atom. The Kier molecular flexibility index (Phi) is 7.40. The molecule has 0 fully saturated rings. The zero-order chi connectivity index (χ0) is 24.1. The molecule has 0 aliphatic rings. The molecule has 0 saturated heterocycles. The molecule has 0 atom stereocenters. The Labute approximate surface area is 213 Å². The van der Waals surface area contributed by atoms with Gasteiger partial charge in [-0.1, -0.05) is 0 Å². The van der Waals surface area contributed by atoms with Gasteiger partial charge in [-0.25, -0.2) is 0 Å². The zero-order valence-corrected chi connectivity index (χ0v) is 23.5. The minimum atomic E-state index is -3.71. The van der Waals surface area contributed by atoms with Crippen LogP contribution in [-0.4, -0.2) is 26.5 Å². The fourth-order valence-corrected chi connectivity index (χ4v) is 23.6. The van der Waals surface area contributed by atoms with Gasteiger partial charge in [0.15, 0.2) is 0 Å². The summed E-state index contributed by atoms with van der Waals surface area (Å²) in [6, 6.07) is 40.3. The molecular weight excluding hydrogens is 555 g/mol. The number of fused-ring (bicyclic) bond motifs is 1. The van der Waals surface area contributed by atoms with Crippen LogP contribution in [0, 0.1) is 0 Å². The molecule has 5 aromatic rings. The van der Waals surface area contributed by atoms with E-state index in [1.807, 2.05) is 37.8 Å². The molecule has 0 aliphatic heterocycles. The quantitative estimate of drug-likeness (QED) is 0.192. The van der Waals surface area contributed by atoms with Gasteiger partial charge >= 0.3 is 214 Å². The average Bonchev–Trinajstić information content (AvgIpc) is 2.93. The first kappa shape index (κ1) is 23.9. The standard InChI is InChI=1S/C12H14N2OS.3C6H5.Sn/c1-2-3-8-14-11(15)9-6-4-5-7-10(9)13-12(14)16;3*1-2-4-6-5-3-1;/h4-7H,2-3,8H2,1H3,(H,13,16);3*1-5H;/q;;;;+1/p-1. The van der Waals surface area contributed by atoms with Crippen LogP contribution in [0.15, 0.2) is 125 Å². The monoisotopic (exact) mass is 584 g/mol. The summed E-state index contributed by atoms with van der Waals surface area (Å²) in [5, 5.41) is 1.52. The summed E-state index contributed by atoms with van der Waals surface area (Å²) in [5.41, 5.74) is 0.822. The van der Waals surface area contributed by atoms with Gasteiger partial charge in [-0.15, -0.1) is 0 Å². The third-order valence-corrected chi connectivity index (χ3v) is 25.9. The van der Waals surface area contributed by atoms with Crippen LogP contribution in [0.1, 0.15) is 19.8 Å². The van der Waals surface area contributed by atoms with Gasteiger partial charge in [0.25, 0.3) is 0 Å². The third kappa shape index (κ3) is 4.69. The SMILES string of the molecule is CCCCn1c([S][Sn]([c]2ccccc2)([c]2ccccc2)[c]2ccccc2)nc2ccccc2c1=O. The predicted molar refractivity (Wildman–Crippen MR) is 151 cm³/mol. The first-order chi connectivity index (χ1) is 17.2. The summed E-state index contributed by atoms with van der Waals surface area (Å²) in [6.07, 6.45) is 1.96. The van der Waals surface area contributed by atoms with E-state index in [4.69, 9.17) is 4.98 Å². The van der Waals surface area contributed by atoms with Gasteiger partial charge < -0.3 is 0 Å². The van der Waals surface area contributed by atoms with Gasteiger partial charge in [0.1, 0.15) is 0 Å². The van der Waals surface area contributed by atoms with Crippen LogP contribution in [0.4, 0.5) is 0 Å². The summed E-state index contributed by atoms with van der Waals surface area (Å²) in [4.78, 5) is 18.8. The number of rotatable bonds is 8. The van der Waals surface area contributed by atoms with Crippen molar-refractivity contribution in [2.45, 2.75) is 31.5 Å². The van der Waals surface area contributed by atoms with Crippen molar-refractivity contribution in [3.63, 3.8) is 0 Å². The molecule has 0 aliphatic carbocycles. The Hall–Kier alpha value is -2.83. The molecule has 3 nitrogen and oxygen atoms in total. The van der Waals surface area contributed by atoms with E-state index in [1.54, 1.807) is 0 Å². The van der Waals surface area contributed by atoms with E-state index >= 15 is 0 Å². The maximum absolute atomic E-state index is 13.7. The third-order valence-electron chi connectivity index (χ3n) is 6.35.